The number of hydrogen-bond donors (Lipinski definition) is 2. The van der Waals surface area contributed by atoms with E-state index in [1.54, 1.807) is 18.2 Å². The molecule has 0 spiro atoms. The maximum absolute atomic E-state index is 12.1. The number of benzene rings is 1. The molecule has 1 aromatic rings. The van der Waals surface area contributed by atoms with Crippen molar-refractivity contribution in [1.82, 2.24) is 5.32 Å². The van der Waals surface area contributed by atoms with E-state index in [1.807, 2.05) is 0 Å². The lowest BCUT2D eigenvalue weighted by Crippen LogP contribution is -2.39. The molecule has 2 rings (SSSR count). The fourth-order valence-electron chi connectivity index (χ4n) is 2.50. The van der Waals surface area contributed by atoms with E-state index in [4.69, 9.17) is 28.3 Å². The fraction of sp³-hybridized carbons (Fsp3) is 0.429. The molecule has 108 valence electrons. The second-order valence-electron chi connectivity index (χ2n) is 5.03. The first-order chi connectivity index (χ1) is 9.45. The van der Waals surface area contributed by atoms with Crippen LogP contribution in [0.4, 0.5) is 0 Å². The lowest BCUT2D eigenvalue weighted by molar-refractivity contribution is -0.143. The Morgan fingerprint density at radius 1 is 1.15 bits per heavy atom. The number of halogens is 2. The average molecular weight is 316 g/mol. The molecule has 2 atom stereocenters. The van der Waals surface area contributed by atoms with Crippen LogP contribution < -0.4 is 5.32 Å². The summed E-state index contributed by atoms with van der Waals surface area (Å²) in [6.07, 6.45) is 2.74. The van der Waals surface area contributed by atoms with Crippen molar-refractivity contribution < 1.29 is 14.7 Å². The van der Waals surface area contributed by atoms with Crippen molar-refractivity contribution in [3.8, 4) is 0 Å². The van der Waals surface area contributed by atoms with E-state index in [0.29, 0.717) is 28.5 Å². The third-order valence-corrected chi connectivity index (χ3v) is 3.92. The summed E-state index contributed by atoms with van der Waals surface area (Å²) in [6.45, 7) is 0. The Balaban J connectivity index is 2.02. The van der Waals surface area contributed by atoms with Gasteiger partial charge in [-0.05, 0) is 37.5 Å². The van der Waals surface area contributed by atoms with Crippen LogP contribution in [0.25, 0.3) is 0 Å². The summed E-state index contributed by atoms with van der Waals surface area (Å²) in [5.74, 6) is -1.45. The molecule has 1 saturated carbocycles. The van der Waals surface area contributed by atoms with Crippen LogP contribution in [0.3, 0.4) is 0 Å². The van der Waals surface area contributed by atoms with E-state index in [1.165, 1.54) is 0 Å². The topological polar surface area (TPSA) is 66.4 Å². The van der Waals surface area contributed by atoms with E-state index >= 15 is 0 Å². The number of rotatable bonds is 3. The van der Waals surface area contributed by atoms with Gasteiger partial charge in [-0.3, -0.25) is 9.59 Å². The van der Waals surface area contributed by atoms with Crippen LogP contribution in [0, 0.1) is 5.92 Å². The molecule has 0 aromatic heterocycles. The summed E-state index contributed by atoms with van der Waals surface area (Å²) in [5.41, 5.74) is 0.389. The minimum atomic E-state index is -0.797. The molecule has 1 fully saturated rings. The predicted molar refractivity (Wildman–Crippen MR) is 77.3 cm³/mol. The molecule has 20 heavy (non-hydrogen) atoms. The summed E-state index contributed by atoms with van der Waals surface area (Å²) in [5, 5.41) is 12.7. The molecule has 1 amide bonds. The van der Waals surface area contributed by atoms with Gasteiger partial charge in [0.15, 0.2) is 0 Å². The molecule has 0 bridgehead atoms. The highest BCUT2D eigenvalue weighted by atomic mass is 35.5. The highest BCUT2D eigenvalue weighted by molar-refractivity contribution is 6.35. The van der Waals surface area contributed by atoms with Gasteiger partial charge in [0.1, 0.15) is 0 Å². The summed E-state index contributed by atoms with van der Waals surface area (Å²) < 4.78 is 0. The Hall–Kier alpha value is -1.26. The van der Waals surface area contributed by atoms with Crippen LogP contribution in [0.5, 0.6) is 0 Å². The number of carbonyl (C=O) groups is 2. The maximum atomic E-state index is 12.1. The molecule has 0 aliphatic heterocycles. The largest absolute Gasteiger partial charge is 0.481 e. The summed E-state index contributed by atoms with van der Waals surface area (Å²) >= 11 is 11.7. The molecular weight excluding hydrogens is 301 g/mol. The summed E-state index contributed by atoms with van der Waals surface area (Å²) in [7, 11) is 0. The third-order valence-electron chi connectivity index (χ3n) is 3.48. The lowest BCUT2D eigenvalue weighted by Gasteiger charge is -2.27. The van der Waals surface area contributed by atoms with Gasteiger partial charge in [0, 0.05) is 21.7 Å². The molecule has 1 aliphatic carbocycles. The van der Waals surface area contributed by atoms with Crippen molar-refractivity contribution in [3.63, 3.8) is 0 Å². The first-order valence-corrected chi connectivity index (χ1v) is 7.21. The molecule has 2 unspecified atom stereocenters. The standard InChI is InChI=1S/C14H15Cl2NO3/c15-10-4-9(5-11(16)7-10)13(18)17-12-3-1-2-8(6-12)14(19)20/h4-5,7-8,12H,1-3,6H2,(H,17,18)(H,19,20). The Morgan fingerprint density at radius 3 is 2.40 bits per heavy atom. The quantitative estimate of drug-likeness (QED) is 0.898. The number of aliphatic carboxylic acids is 1. The number of carboxylic acid groups (broad SMARTS) is 1. The van der Waals surface area contributed by atoms with Crippen LogP contribution in [0.15, 0.2) is 18.2 Å². The van der Waals surface area contributed by atoms with Crippen molar-refractivity contribution in [3.05, 3.63) is 33.8 Å². The zero-order valence-corrected chi connectivity index (χ0v) is 12.2. The molecule has 2 N–H and O–H groups in total. The second kappa shape index (κ2) is 6.46. The van der Waals surface area contributed by atoms with Gasteiger partial charge in [-0.25, -0.2) is 0 Å². The third kappa shape index (κ3) is 3.87. The SMILES string of the molecule is O=C(NC1CCCC(C(=O)O)C1)c1cc(Cl)cc(Cl)c1. The van der Waals surface area contributed by atoms with Crippen LogP contribution in [-0.4, -0.2) is 23.0 Å². The Bertz CT molecular complexity index is 513. The van der Waals surface area contributed by atoms with Gasteiger partial charge in [0.2, 0.25) is 0 Å². The van der Waals surface area contributed by atoms with Gasteiger partial charge in [0.05, 0.1) is 5.92 Å². The molecule has 0 heterocycles. The zero-order valence-electron chi connectivity index (χ0n) is 10.7. The normalized spacial score (nSPS) is 22.3. The number of carbonyl (C=O) groups excluding carboxylic acids is 1. The van der Waals surface area contributed by atoms with Crippen LogP contribution in [0.2, 0.25) is 10.0 Å². The summed E-state index contributed by atoms with van der Waals surface area (Å²) in [6, 6.07) is 4.52. The molecule has 0 saturated heterocycles. The van der Waals surface area contributed by atoms with Crippen LogP contribution >= 0.6 is 23.2 Å². The Labute approximate surface area is 127 Å². The Kier molecular flexibility index (Phi) is 4.89. The van der Waals surface area contributed by atoms with Crippen LogP contribution in [-0.2, 0) is 4.79 Å². The van der Waals surface area contributed by atoms with E-state index in [9.17, 15) is 9.59 Å². The minimum absolute atomic E-state index is 0.116. The lowest BCUT2D eigenvalue weighted by atomic mass is 9.85. The number of amides is 1. The monoisotopic (exact) mass is 315 g/mol. The van der Waals surface area contributed by atoms with Gasteiger partial charge < -0.3 is 10.4 Å². The average Bonchev–Trinajstić information content (AvgIpc) is 2.37. The first kappa shape index (κ1) is 15.1. The number of carboxylic acids is 1. The fourth-order valence-corrected chi connectivity index (χ4v) is 3.02. The van der Waals surface area contributed by atoms with E-state index in [-0.39, 0.29) is 17.9 Å². The zero-order chi connectivity index (χ0) is 14.7. The Morgan fingerprint density at radius 2 is 1.80 bits per heavy atom. The smallest absolute Gasteiger partial charge is 0.306 e. The van der Waals surface area contributed by atoms with Gasteiger partial charge >= 0.3 is 5.97 Å². The molecule has 4 nitrogen and oxygen atoms in total. The van der Waals surface area contributed by atoms with Crippen LogP contribution in [0.1, 0.15) is 36.0 Å². The molecular formula is C14H15Cl2NO3. The maximum Gasteiger partial charge on any atom is 0.306 e. The van der Waals surface area contributed by atoms with Gasteiger partial charge in [-0.2, -0.15) is 0 Å². The molecule has 1 aromatic carbocycles. The molecule has 0 radical (unpaired) electrons. The molecule has 6 heteroatoms. The van der Waals surface area contributed by atoms with Crippen molar-refractivity contribution in [2.24, 2.45) is 5.92 Å². The van der Waals surface area contributed by atoms with E-state index in [2.05, 4.69) is 5.32 Å². The van der Waals surface area contributed by atoms with Gasteiger partial charge in [-0.15, -0.1) is 0 Å². The number of hydrogen-bond acceptors (Lipinski definition) is 2. The highest BCUT2D eigenvalue weighted by Gasteiger charge is 2.28. The summed E-state index contributed by atoms with van der Waals surface area (Å²) in [4.78, 5) is 23.1. The predicted octanol–water partition coefficient (Wildman–Crippen LogP) is 3.37. The van der Waals surface area contributed by atoms with Crippen molar-refractivity contribution in [2.75, 3.05) is 0 Å². The second-order valence-corrected chi connectivity index (χ2v) is 5.90. The van der Waals surface area contributed by atoms with Crippen molar-refractivity contribution >= 4 is 35.1 Å². The number of nitrogens with one attached hydrogen (secondary N) is 1. The first-order valence-electron chi connectivity index (χ1n) is 6.45. The molecule has 1 aliphatic rings. The van der Waals surface area contributed by atoms with Crippen molar-refractivity contribution in [2.45, 2.75) is 31.7 Å². The van der Waals surface area contributed by atoms with Gasteiger partial charge in [-0.1, -0.05) is 29.6 Å². The van der Waals surface area contributed by atoms with E-state index in [0.717, 1.165) is 12.8 Å². The van der Waals surface area contributed by atoms with Crippen molar-refractivity contribution in [1.29, 1.82) is 0 Å². The minimum Gasteiger partial charge on any atom is -0.481 e. The highest BCUT2D eigenvalue weighted by Crippen LogP contribution is 2.25. The van der Waals surface area contributed by atoms with E-state index < -0.39 is 5.97 Å². The van der Waals surface area contributed by atoms with Gasteiger partial charge in [0.25, 0.3) is 5.91 Å².